The minimum absolute atomic E-state index is 0.0656. The summed E-state index contributed by atoms with van der Waals surface area (Å²) < 4.78 is 11.0. The summed E-state index contributed by atoms with van der Waals surface area (Å²) in [7, 11) is 0. The molecule has 0 aliphatic rings. The highest BCUT2D eigenvalue weighted by molar-refractivity contribution is 5.94. The first-order valence-electron chi connectivity index (χ1n) is 9.89. The first-order chi connectivity index (χ1) is 12.6. The number of rotatable bonds is 15. The molecule has 1 rings (SSSR count). The number of nitrogens with one attached hydrogen (secondary N) is 2. The van der Waals surface area contributed by atoms with Crippen molar-refractivity contribution in [3.8, 4) is 0 Å². The van der Waals surface area contributed by atoms with Gasteiger partial charge in [0.05, 0.1) is 19.8 Å². The molecule has 5 heteroatoms. The molecule has 0 heterocycles. The maximum absolute atomic E-state index is 12.1. The summed E-state index contributed by atoms with van der Waals surface area (Å²) in [6.45, 7) is 10.2. The van der Waals surface area contributed by atoms with E-state index in [0.29, 0.717) is 38.0 Å². The van der Waals surface area contributed by atoms with Crippen molar-refractivity contribution in [2.75, 3.05) is 33.0 Å². The predicted octanol–water partition coefficient (Wildman–Crippen LogP) is 3.53. The molecule has 0 saturated carbocycles. The molecule has 0 fully saturated rings. The topological polar surface area (TPSA) is 59.6 Å². The second-order valence-electron chi connectivity index (χ2n) is 6.77. The van der Waals surface area contributed by atoms with E-state index in [4.69, 9.17) is 9.47 Å². The van der Waals surface area contributed by atoms with Crippen molar-refractivity contribution in [1.82, 2.24) is 10.6 Å². The number of unbranched alkanes of at least 4 members (excludes halogenated alkanes) is 3. The van der Waals surface area contributed by atoms with Crippen LogP contribution in [0.3, 0.4) is 0 Å². The average molecular weight is 365 g/mol. The Balaban J connectivity index is 2.04. The standard InChI is InChI=1S/C21H36N2O3/c1-4-5-6-7-13-25-15-16-26-14-12-22-21(24)20-10-8-19(9-11-20)17-23-18(2)3/h8-11,18,23H,4-7,12-17H2,1-3H3,(H,22,24). The largest absolute Gasteiger partial charge is 0.379 e. The van der Waals surface area contributed by atoms with Crippen molar-refractivity contribution < 1.29 is 14.3 Å². The normalized spacial score (nSPS) is 11.1. The molecular weight excluding hydrogens is 328 g/mol. The molecule has 26 heavy (non-hydrogen) atoms. The molecule has 0 unspecified atom stereocenters. The molecule has 0 aromatic heterocycles. The van der Waals surface area contributed by atoms with Gasteiger partial charge in [-0.15, -0.1) is 0 Å². The van der Waals surface area contributed by atoms with Crippen molar-refractivity contribution in [3.05, 3.63) is 35.4 Å². The van der Waals surface area contributed by atoms with Gasteiger partial charge < -0.3 is 20.1 Å². The molecule has 2 N–H and O–H groups in total. The van der Waals surface area contributed by atoms with Crippen LogP contribution in [-0.4, -0.2) is 44.9 Å². The van der Waals surface area contributed by atoms with E-state index >= 15 is 0 Å². The first-order valence-corrected chi connectivity index (χ1v) is 9.89. The molecule has 0 atom stereocenters. The highest BCUT2D eigenvalue weighted by atomic mass is 16.5. The van der Waals surface area contributed by atoms with Gasteiger partial charge in [-0.3, -0.25) is 4.79 Å². The van der Waals surface area contributed by atoms with E-state index in [1.54, 1.807) is 0 Å². The number of hydrogen-bond acceptors (Lipinski definition) is 4. The fourth-order valence-corrected chi connectivity index (χ4v) is 2.39. The van der Waals surface area contributed by atoms with Crippen LogP contribution in [0.4, 0.5) is 0 Å². The number of amides is 1. The van der Waals surface area contributed by atoms with Gasteiger partial charge in [0.1, 0.15) is 0 Å². The summed E-state index contributed by atoms with van der Waals surface area (Å²) in [5, 5.41) is 6.23. The Bertz CT molecular complexity index is 475. The number of carbonyl (C=O) groups excluding carboxylic acids is 1. The molecular formula is C21H36N2O3. The molecule has 1 aromatic carbocycles. The van der Waals surface area contributed by atoms with Crippen molar-refractivity contribution in [2.45, 2.75) is 59.0 Å². The van der Waals surface area contributed by atoms with Gasteiger partial charge in [-0.2, -0.15) is 0 Å². The maximum atomic E-state index is 12.1. The molecule has 0 aliphatic heterocycles. The minimum Gasteiger partial charge on any atom is -0.379 e. The smallest absolute Gasteiger partial charge is 0.251 e. The van der Waals surface area contributed by atoms with Crippen LogP contribution in [0.15, 0.2) is 24.3 Å². The summed E-state index contributed by atoms with van der Waals surface area (Å²) in [4.78, 5) is 12.1. The third-order valence-electron chi connectivity index (χ3n) is 3.98. The Hall–Kier alpha value is -1.43. The summed E-state index contributed by atoms with van der Waals surface area (Å²) in [5.41, 5.74) is 1.85. The molecule has 0 saturated heterocycles. The van der Waals surface area contributed by atoms with Gasteiger partial charge in [-0.1, -0.05) is 52.2 Å². The zero-order chi connectivity index (χ0) is 19.0. The number of hydrogen-bond donors (Lipinski definition) is 2. The summed E-state index contributed by atoms with van der Waals surface area (Å²) in [6.07, 6.45) is 4.88. The van der Waals surface area contributed by atoms with Crippen LogP contribution < -0.4 is 10.6 Å². The Kier molecular flexibility index (Phi) is 12.8. The van der Waals surface area contributed by atoms with Crippen molar-refractivity contribution >= 4 is 5.91 Å². The molecule has 148 valence electrons. The van der Waals surface area contributed by atoms with Crippen LogP contribution in [-0.2, 0) is 16.0 Å². The van der Waals surface area contributed by atoms with Gasteiger partial charge >= 0.3 is 0 Å². The Morgan fingerprint density at radius 1 is 0.962 bits per heavy atom. The lowest BCUT2D eigenvalue weighted by Gasteiger charge is -2.09. The van der Waals surface area contributed by atoms with Crippen LogP contribution in [0, 0.1) is 0 Å². The van der Waals surface area contributed by atoms with Crippen LogP contribution >= 0.6 is 0 Å². The predicted molar refractivity (Wildman–Crippen MR) is 107 cm³/mol. The molecule has 0 spiro atoms. The van der Waals surface area contributed by atoms with Crippen molar-refractivity contribution in [3.63, 3.8) is 0 Å². The monoisotopic (exact) mass is 364 g/mol. The lowest BCUT2D eigenvalue weighted by molar-refractivity contribution is 0.0468. The second kappa shape index (κ2) is 14.7. The second-order valence-corrected chi connectivity index (χ2v) is 6.77. The third kappa shape index (κ3) is 11.2. The fourth-order valence-electron chi connectivity index (χ4n) is 2.39. The van der Waals surface area contributed by atoms with Crippen molar-refractivity contribution in [1.29, 1.82) is 0 Å². The Labute approximate surface area is 158 Å². The van der Waals surface area contributed by atoms with E-state index in [-0.39, 0.29) is 5.91 Å². The van der Waals surface area contributed by atoms with E-state index in [2.05, 4.69) is 31.4 Å². The van der Waals surface area contributed by atoms with E-state index in [0.717, 1.165) is 19.6 Å². The lowest BCUT2D eigenvalue weighted by Crippen LogP contribution is -2.27. The summed E-state index contributed by atoms with van der Waals surface area (Å²) >= 11 is 0. The first kappa shape index (κ1) is 22.6. The molecule has 5 nitrogen and oxygen atoms in total. The Morgan fingerprint density at radius 2 is 1.65 bits per heavy atom. The SMILES string of the molecule is CCCCCCOCCOCCNC(=O)c1ccc(CNC(C)C)cc1. The van der Waals surface area contributed by atoms with Crippen LogP contribution in [0.1, 0.15) is 62.4 Å². The number of carbonyl (C=O) groups is 1. The highest BCUT2D eigenvalue weighted by Crippen LogP contribution is 2.04. The van der Waals surface area contributed by atoms with E-state index in [9.17, 15) is 4.79 Å². The molecule has 0 bridgehead atoms. The highest BCUT2D eigenvalue weighted by Gasteiger charge is 2.05. The van der Waals surface area contributed by atoms with Gasteiger partial charge in [0.2, 0.25) is 0 Å². The minimum atomic E-state index is -0.0656. The van der Waals surface area contributed by atoms with Gasteiger partial charge in [0.15, 0.2) is 0 Å². The zero-order valence-corrected chi connectivity index (χ0v) is 16.7. The molecule has 0 radical (unpaired) electrons. The zero-order valence-electron chi connectivity index (χ0n) is 16.7. The summed E-state index contributed by atoms with van der Waals surface area (Å²) in [6, 6.07) is 8.14. The van der Waals surface area contributed by atoms with E-state index < -0.39 is 0 Å². The van der Waals surface area contributed by atoms with Gasteiger partial charge in [0, 0.05) is 31.3 Å². The third-order valence-corrected chi connectivity index (χ3v) is 3.98. The fraction of sp³-hybridized carbons (Fsp3) is 0.667. The molecule has 0 aliphatic carbocycles. The maximum Gasteiger partial charge on any atom is 0.251 e. The van der Waals surface area contributed by atoms with E-state index in [1.807, 2.05) is 24.3 Å². The van der Waals surface area contributed by atoms with Crippen molar-refractivity contribution in [2.24, 2.45) is 0 Å². The van der Waals surface area contributed by atoms with Gasteiger partial charge in [-0.25, -0.2) is 0 Å². The lowest BCUT2D eigenvalue weighted by atomic mass is 10.1. The average Bonchev–Trinajstić information content (AvgIpc) is 2.64. The van der Waals surface area contributed by atoms with Crippen LogP contribution in [0.5, 0.6) is 0 Å². The van der Waals surface area contributed by atoms with Gasteiger partial charge in [-0.05, 0) is 24.1 Å². The molecule has 1 amide bonds. The van der Waals surface area contributed by atoms with Crippen LogP contribution in [0.2, 0.25) is 0 Å². The van der Waals surface area contributed by atoms with E-state index in [1.165, 1.54) is 24.8 Å². The van der Waals surface area contributed by atoms with Gasteiger partial charge in [0.25, 0.3) is 5.91 Å². The quantitative estimate of drug-likeness (QED) is 0.468. The number of benzene rings is 1. The Morgan fingerprint density at radius 3 is 2.31 bits per heavy atom. The number of ether oxygens (including phenoxy) is 2. The summed E-state index contributed by atoms with van der Waals surface area (Å²) in [5.74, 6) is -0.0656. The molecule has 1 aromatic rings. The van der Waals surface area contributed by atoms with Crippen LogP contribution in [0.25, 0.3) is 0 Å².